The fraction of sp³-hybridized carbons (Fsp3) is 0.214. The topological polar surface area (TPSA) is 75.8 Å². The summed E-state index contributed by atoms with van der Waals surface area (Å²) in [7, 11) is 3.20. The van der Waals surface area contributed by atoms with Gasteiger partial charge in [0.2, 0.25) is 0 Å². The minimum atomic E-state index is -0.121. The van der Waals surface area contributed by atoms with Gasteiger partial charge in [0.25, 0.3) is 5.91 Å². The molecule has 1 aromatic heterocycles. The first-order chi connectivity index (χ1) is 9.52. The summed E-state index contributed by atoms with van der Waals surface area (Å²) in [5.74, 6) is 0.344. The van der Waals surface area contributed by atoms with E-state index in [0.29, 0.717) is 22.9 Å². The molecule has 0 bridgehead atoms. The van der Waals surface area contributed by atoms with E-state index in [1.165, 1.54) is 18.4 Å². The molecule has 1 aromatic carbocycles. The molecule has 2 rings (SSSR count). The SMILES string of the molecule is COc1cc(CN(C)C(=O)c2sccc2N)ccc1O. The number of nitrogen functional groups attached to an aromatic ring is 1. The molecule has 0 saturated heterocycles. The van der Waals surface area contributed by atoms with E-state index in [0.717, 1.165) is 5.56 Å². The number of aromatic hydroxyl groups is 1. The predicted octanol–water partition coefficient (Wildman–Crippen LogP) is 2.32. The van der Waals surface area contributed by atoms with Crippen molar-refractivity contribution < 1.29 is 14.6 Å². The second-order valence-corrected chi connectivity index (χ2v) is 5.29. The molecule has 20 heavy (non-hydrogen) atoms. The van der Waals surface area contributed by atoms with Crippen LogP contribution in [0.4, 0.5) is 5.69 Å². The maximum atomic E-state index is 12.2. The number of hydrogen-bond acceptors (Lipinski definition) is 5. The number of amides is 1. The van der Waals surface area contributed by atoms with Crippen LogP contribution >= 0.6 is 11.3 Å². The van der Waals surface area contributed by atoms with Crippen molar-refractivity contribution in [3.63, 3.8) is 0 Å². The molecule has 5 nitrogen and oxygen atoms in total. The number of phenolic OH excluding ortho intramolecular Hbond substituents is 1. The third-order valence-corrected chi connectivity index (χ3v) is 3.82. The van der Waals surface area contributed by atoms with Crippen LogP contribution in [0.2, 0.25) is 0 Å². The molecule has 0 aliphatic carbocycles. The van der Waals surface area contributed by atoms with Crippen LogP contribution in [0.1, 0.15) is 15.2 Å². The number of nitrogens with two attached hydrogens (primary N) is 1. The summed E-state index contributed by atoms with van der Waals surface area (Å²) in [5, 5.41) is 11.3. The van der Waals surface area contributed by atoms with Crippen LogP contribution in [0.5, 0.6) is 11.5 Å². The number of methoxy groups -OCH3 is 1. The molecule has 1 heterocycles. The standard InChI is InChI=1S/C14H16N2O3S/c1-16(14(18)13-10(15)5-6-20-13)8-9-3-4-11(17)12(7-9)19-2/h3-7,17H,8,15H2,1-2H3. The first kappa shape index (κ1) is 14.2. The molecule has 0 atom stereocenters. The Labute approximate surface area is 121 Å². The van der Waals surface area contributed by atoms with E-state index in [-0.39, 0.29) is 11.7 Å². The van der Waals surface area contributed by atoms with Gasteiger partial charge in [0.05, 0.1) is 12.8 Å². The van der Waals surface area contributed by atoms with E-state index in [1.54, 1.807) is 41.6 Å². The maximum Gasteiger partial charge on any atom is 0.266 e. The summed E-state index contributed by atoms with van der Waals surface area (Å²) in [6.45, 7) is 0.410. The Morgan fingerprint density at radius 1 is 1.45 bits per heavy atom. The smallest absolute Gasteiger partial charge is 0.266 e. The van der Waals surface area contributed by atoms with Gasteiger partial charge in [-0.3, -0.25) is 4.79 Å². The van der Waals surface area contributed by atoms with E-state index in [2.05, 4.69) is 0 Å². The van der Waals surface area contributed by atoms with E-state index < -0.39 is 0 Å². The van der Waals surface area contributed by atoms with Gasteiger partial charge in [-0.15, -0.1) is 11.3 Å². The number of benzene rings is 1. The van der Waals surface area contributed by atoms with Crippen molar-refractivity contribution in [2.75, 3.05) is 19.9 Å². The van der Waals surface area contributed by atoms with Crippen LogP contribution in [0.25, 0.3) is 0 Å². The van der Waals surface area contributed by atoms with E-state index in [9.17, 15) is 9.90 Å². The summed E-state index contributed by atoms with van der Waals surface area (Å²) >= 11 is 1.33. The van der Waals surface area contributed by atoms with Gasteiger partial charge >= 0.3 is 0 Å². The normalized spacial score (nSPS) is 10.3. The van der Waals surface area contributed by atoms with Gasteiger partial charge in [-0.05, 0) is 29.1 Å². The van der Waals surface area contributed by atoms with Crippen molar-refractivity contribution >= 4 is 22.9 Å². The van der Waals surface area contributed by atoms with Crippen LogP contribution in [-0.2, 0) is 6.54 Å². The van der Waals surface area contributed by atoms with Gasteiger partial charge in [-0.25, -0.2) is 0 Å². The lowest BCUT2D eigenvalue weighted by Gasteiger charge is -2.17. The number of ether oxygens (including phenoxy) is 1. The van der Waals surface area contributed by atoms with Crippen LogP contribution in [0.3, 0.4) is 0 Å². The van der Waals surface area contributed by atoms with E-state index in [1.807, 2.05) is 0 Å². The van der Waals surface area contributed by atoms with Crippen molar-refractivity contribution in [2.24, 2.45) is 0 Å². The first-order valence-electron chi connectivity index (χ1n) is 5.97. The zero-order valence-corrected chi connectivity index (χ0v) is 12.1. The van der Waals surface area contributed by atoms with Crippen LogP contribution < -0.4 is 10.5 Å². The van der Waals surface area contributed by atoms with Crippen molar-refractivity contribution in [1.82, 2.24) is 4.90 Å². The average Bonchev–Trinajstić information content (AvgIpc) is 2.86. The van der Waals surface area contributed by atoms with Gasteiger partial charge in [0.15, 0.2) is 11.5 Å². The fourth-order valence-corrected chi connectivity index (χ4v) is 2.64. The number of hydrogen-bond donors (Lipinski definition) is 2. The molecular formula is C14H16N2O3S. The number of carbonyl (C=O) groups is 1. The van der Waals surface area contributed by atoms with Crippen molar-refractivity contribution in [3.05, 3.63) is 40.1 Å². The van der Waals surface area contributed by atoms with Gasteiger partial charge in [-0.1, -0.05) is 6.07 Å². The Bertz CT molecular complexity index is 625. The molecule has 3 N–H and O–H groups in total. The lowest BCUT2D eigenvalue weighted by Crippen LogP contribution is -2.26. The highest BCUT2D eigenvalue weighted by molar-refractivity contribution is 7.12. The van der Waals surface area contributed by atoms with E-state index >= 15 is 0 Å². The monoisotopic (exact) mass is 292 g/mol. The first-order valence-corrected chi connectivity index (χ1v) is 6.85. The number of phenols is 1. The van der Waals surface area contributed by atoms with Crippen LogP contribution in [0.15, 0.2) is 29.6 Å². The van der Waals surface area contributed by atoms with Crippen LogP contribution in [-0.4, -0.2) is 30.1 Å². The Balaban J connectivity index is 2.14. The van der Waals surface area contributed by atoms with Gasteiger partial charge in [-0.2, -0.15) is 0 Å². The average molecular weight is 292 g/mol. The third kappa shape index (κ3) is 2.85. The lowest BCUT2D eigenvalue weighted by atomic mass is 10.2. The highest BCUT2D eigenvalue weighted by Crippen LogP contribution is 2.27. The minimum Gasteiger partial charge on any atom is -0.504 e. The largest absolute Gasteiger partial charge is 0.504 e. The minimum absolute atomic E-state index is 0.0766. The zero-order chi connectivity index (χ0) is 14.7. The van der Waals surface area contributed by atoms with Gasteiger partial charge in [0.1, 0.15) is 4.88 Å². The molecule has 0 unspecified atom stereocenters. The number of thiophene rings is 1. The van der Waals surface area contributed by atoms with Crippen molar-refractivity contribution in [2.45, 2.75) is 6.54 Å². The molecule has 2 aromatic rings. The molecule has 0 aliphatic rings. The fourth-order valence-electron chi connectivity index (χ4n) is 1.83. The molecule has 106 valence electrons. The molecule has 6 heteroatoms. The summed E-state index contributed by atoms with van der Waals surface area (Å²) in [6, 6.07) is 6.72. The summed E-state index contributed by atoms with van der Waals surface area (Å²) in [6.07, 6.45) is 0. The second kappa shape index (κ2) is 5.83. The Kier molecular flexibility index (Phi) is 4.14. The Morgan fingerprint density at radius 2 is 2.20 bits per heavy atom. The molecule has 0 radical (unpaired) electrons. The summed E-state index contributed by atoms with van der Waals surface area (Å²) in [4.78, 5) is 14.3. The molecule has 0 saturated carbocycles. The second-order valence-electron chi connectivity index (χ2n) is 4.37. The van der Waals surface area contributed by atoms with Crippen LogP contribution in [0, 0.1) is 0 Å². The molecule has 0 aliphatic heterocycles. The lowest BCUT2D eigenvalue weighted by molar-refractivity contribution is 0.0790. The molecule has 0 spiro atoms. The maximum absolute atomic E-state index is 12.2. The quantitative estimate of drug-likeness (QED) is 0.906. The number of nitrogens with zero attached hydrogens (tertiary/aromatic N) is 1. The number of rotatable bonds is 4. The summed E-state index contributed by atoms with van der Waals surface area (Å²) in [5.41, 5.74) is 7.11. The third-order valence-electron chi connectivity index (χ3n) is 2.90. The van der Waals surface area contributed by atoms with Crippen molar-refractivity contribution in [3.8, 4) is 11.5 Å². The Morgan fingerprint density at radius 3 is 2.80 bits per heavy atom. The highest BCUT2D eigenvalue weighted by Gasteiger charge is 2.16. The number of carbonyl (C=O) groups excluding carboxylic acids is 1. The highest BCUT2D eigenvalue weighted by atomic mass is 32.1. The summed E-state index contributed by atoms with van der Waals surface area (Å²) < 4.78 is 5.05. The van der Waals surface area contributed by atoms with E-state index in [4.69, 9.17) is 10.5 Å². The number of anilines is 1. The molecule has 0 fully saturated rings. The van der Waals surface area contributed by atoms with Crippen molar-refractivity contribution in [1.29, 1.82) is 0 Å². The van der Waals surface area contributed by atoms with Gasteiger partial charge < -0.3 is 20.5 Å². The molecular weight excluding hydrogens is 276 g/mol. The zero-order valence-electron chi connectivity index (χ0n) is 11.3. The Hall–Kier alpha value is -2.21. The predicted molar refractivity (Wildman–Crippen MR) is 79.2 cm³/mol. The molecule has 1 amide bonds. The van der Waals surface area contributed by atoms with Gasteiger partial charge in [0, 0.05) is 13.6 Å².